The number of carbonyl (C=O) groups excluding carboxylic acids is 1. The van der Waals surface area contributed by atoms with Gasteiger partial charge in [-0.15, -0.1) is 0 Å². The van der Waals surface area contributed by atoms with Crippen LogP contribution in [0.4, 0.5) is 5.69 Å². The summed E-state index contributed by atoms with van der Waals surface area (Å²) in [6.07, 6.45) is 3.02. The van der Waals surface area contributed by atoms with E-state index in [0.717, 1.165) is 32.4 Å². The first-order valence-corrected chi connectivity index (χ1v) is 10.4. The van der Waals surface area contributed by atoms with Gasteiger partial charge in [0.1, 0.15) is 5.75 Å². The quantitative estimate of drug-likeness (QED) is 0.184. The van der Waals surface area contributed by atoms with Gasteiger partial charge in [0.05, 0.1) is 4.92 Å². The highest BCUT2D eigenvalue weighted by atomic mass is 16.6. The van der Waals surface area contributed by atoms with E-state index in [1.165, 1.54) is 29.3 Å². The first kappa shape index (κ1) is 23.5. The molecule has 0 aromatic heterocycles. The predicted octanol–water partition coefficient (Wildman–Crippen LogP) is 5.46. The van der Waals surface area contributed by atoms with E-state index in [0.29, 0.717) is 17.7 Å². The van der Waals surface area contributed by atoms with Crippen molar-refractivity contribution < 1.29 is 14.5 Å². The van der Waals surface area contributed by atoms with E-state index in [2.05, 4.69) is 50.4 Å². The van der Waals surface area contributed by atoms with Crippen molar-refractivity contribution in [2.75, 3.05) is 6.54 Å². The van der Waals surface area contributed by atoms with Crippen LogP contribution in [0, 0.1) is 17.0 Å². The Morgan fingerprint density at radius 1 is 1.07 bits per heavy atom. The molecule has 2 aromatic rings. The number of hydrogen-bond acceptors (Lipinski definition) is 5. The summed E-state index contributed by atoms with van der Waals surface area (Å²) in [5, 5.41) is 14.3. The Bertz CT molecular complexity index is 854. The molecular formula is C24H32N2O4. The van der Waals surface area contributed by atoms with Crippen molar-refractivity contribution in [3.63, 3.8) is 0 Å². The predicted molar refractivity (Wildman–Crippen MR) is 119 cm³/mol. The fraction of sp³-hybridized carbons (Fsp3) is 0.458. The molecule has 2 aromatic carbocycles. The molecule has 0 aliphatic rings. The largest absolute Gasteiger partial charge is 0.427 e. The molecule has 0 radical (unpaired) electrons. The minimum Gasteiger partial charge on any atom is -0.427 e. The highest BCUT2D eigenvalue weighted by molar-refractivity contribution is 5.72. The minimum atomic E-state index is -0.449. The van der Waals surface area contributed by atoms with E-state index >= 15 is 0 Å². The van der Waals surface area contributed by atoms with Gasteiger partial charge >= 0.3 is 5.97 Å². The summed E-state index contributed by atoms with van der Waals surface area (Å²) >= 11 is 0. The van der Waals surface area contributed by atoms with Crippen molar-refractivity contribution in [2.24, 2.45) is 0 Å². The lowest BCUT2D eigenvalue weighted by molar-refractivity contribution is -0.385. The second kappa shape index (κ2) is 10.9. The Labute approximate surface area is 178 Å². The summed E-state index contributed by atoms with van der Waals surface area (Å²) in [5.41, 5.74) is 3.27. The molecule has 6 heteroatoms. The van der Waals surface area contributed by atoms with Gasteiger partial charge in [0.15, 0.2) is 0 Å². The zero-order chi connectivity index (χ0) is 22.1. The molecule has 0 spiro atoms. The molecule has 0 aliphatic heterocycles. The van der Waals surface area contributed by atoms with Gasteiger partial charge in [-0.1, -0.05) is 51.5 Å². The van der Waals surface area contributed by atoms with Gasteiger partial charge in [-0.2, -0.15) is 0 Å². The molecule has 0 saturated carbocycles. The third-order valence-electron chi connectivity index (χ3n) is 4.98. The van der Waals surface area contributed by atoms with Crippen LogP contribution in [-0.2, 0) is 16.8 Å². The van der Waals surface area contributed by atoms with Crippen molar-refractivity contribution in [3.05, 3.63) is 69.3 Å². The number of nitro groups is 1. The summed E-state index contributed by atoms with van der Waals surface area (Å²) < 4.78 is 5.27. The standard InChI is InChI=1S/C24H32N2O4/c1-18-16-21(13-14-22(18)26(28)29)30-23(27)8-6-5-7-15-25-17-19-9-11-20(12-10-19)24(2,3)4/h9-14,16,25H,5-8,15,17H2,1-4H3. The molecule has 162 valence electrons. The summed E-state index contributed by atoms with van der Waals surface area (Å²) in [4.78, 5) is 22.3. The van der Waals surface area contributed by atoms with Crippen LogP contribution >= 0.6 is 0 Å². The zero-order valence-corrected chi connectivity index (χ0v) is 18.4. The highest BCUT2D eigenvalue weighted by Crippen LogP contribution is 2.24. The van der Waals surface area contributed by atoms with Crippen molar-refractivity contribution in [3.8, 4) is 5.75 Å². The van der Waals surface area contributed by atoms with E-state index in [9.17, 15) is 14.9 Å². The number of rotatable bonds is 10. The number of aryl methyl sites for hydroxylation is 1. The van der Waals surface area contributed by atoms with E-state index in [1.54, 1.807) is 6.92 Å². The van der Waals surface area contributed by atoms with E-state index in [1.807, 2.05) is 0 Å². The molecule has 0 atom stereocenters. The molecule has 2 rings (SSSR count). The zero-order valence-electron chi connectivity index (χ0n) is 18.4. The Balaban J connectivity index is 1.60. The molecule has 30 heavy (non-hydrogen) atoms. The second-order valence-electron chi connectivity index (χ2n) is 8.61. The topological polar surface area (TPSA) is 81.5 Å². The monoisotopic (exact) mass is 412 g/mol. The smallest absolute Gasteiger partial charge is 0.311 e. The Kier molecular flexibility index (Phi) is 8.54. The van der Waals surface area contributed by atoms with Crippen LogP contribution in [0.25, 0.3) is 0 Å². The molecule has 0 bridgehead atoms. The summed E-state index contributed by atoms with van der Waals surface area (Å²) in [6.45, 7) is 10.0. The third-order valence-corrected chi connectivity index (χ3v) is 4.98. The van der Waals surface area contributed by atoms with Gasteiger partial charge in [0.2, 0.25) is 0 Å². The molecular weight excluding hydrogens is 380 g/mol. The Hall–Kier alpha value is -2.73. The minimum absolute atomic E-state index is 0.0208. The number of carbonyl (C=O) groups is 1. The molecule has 1 N–H and O–H groups in total. The molecule has 0 unspecified atom stereocenters. The van der Waals surface area contributed by atoms with Crippen LogP contribution in [0.3, 0.4) is 0 Å². The second-order valence-corrected chi connectivity index (χ2v) is 8.61. The first-order chi connectivity index (χ1) is 14.2. The summed E-state index contributed by atoms with van der Waals surface area (Å²) in [5.74, 6) is 0.0393. The first-order valence-electron chi connectivity index (χ1n) is 10.4. The van der Waals surface area contributed by atoms with Crippen molar-refractivity contribution >= 4 is 11.7 Å². The van der Waals surface area contributed by atoms with Gasteiger partial charge < -0.3 is 10.1 Å². The fourth-order valence-electron chi connectivity index (χ4n) is 3.13. The maximum absolute atomic E-state index is 11.9. The van der Waals surface area contributed by atoms with Gasteiger partial charge in [0.25, 0.3) is 5.69 Å². The number of hydrogen-bond donors (Lipinski definition) is 1. The van der Waals surface area contributed by atoms with Crippen molar-refractivity contribution in [2.45, 2.75) is 65.3 Å². The van der Waals surface area contributed by atoms with Crippen LogP contribution in [0.5, 0.6) is 5.75 Å². The average Bonchev–Trinajstić information content (AvgIpc) is 2.66. The average molecular weight is 413 g/mol. The number of nitrogens with one attached hydrogen (secondary N) is 1. The molecule has 0 fully saturated rings. The molecule has 0 saturated heterocycles. The lowest BCUT2D eigenvalue weighted by Gasteiger charge is -2.19. The van der Waals surface area contributed by atoms with E-state index in [-0.39, 0.29) is 17.1 Å². The lowest BCUT2D eigenvalue weighted by atomic mass is 9.87. The molecule has 0 heterocycles. The van der Waals surface area contributed by atoms with Gasteiger partial charge in [-0.25, -0.2) is 0 Å². The van der Waals surface area contributed by atoms with E-state index in [4.69, 9.17) is 4.74 Å². The maximum atomic E-state index is 11.9. The lowest BCUT2D eigenvalue weighted by Crippen LogP contribution is -2.15. The number of nitro benzene ring substituents is 1. The summed E-state index contributed by atoms with van der Waals surface area (Å²) in [7, 11) is 0. The fourth-order valence-corrected chi connectivity index (χ4v) is 3.13. The van der Waals surface area contributed by atoms with E-state index < -0.39 is 4.92 Å². The van der Waals surface area contributed by atoms with Gasteiger partial charge in [-0.05, 0) is 55.0 Å². The number of unbranched alkanes of at least 4 members (excludes halogenated alkanes) is 2. The Morgan fingerprint density at radius 2 is 1.77 bits per heavy atom. The van der Waals surface area contributed by atoms with Crippen LogP contribution in [0.1, 0.15) is 63.1 Å². The third kappa shape index (κ3) is 7.59. The van der Waals surface area contributed by atoms with Crippen molar-refractivity contribution in [1.29, 1.82) is 0 Å². The van der Waals surface area contributed by atoms with Crippen LogP contribution < -0.4 is 10.1 Å². The number of esters is 1. The van der Waals surface area contributed by atoms with Gasteiger partial charge in [0, 0.05) is 24.6 Å². The van der Waals surface area contributed by atoms with Crippen LogP contribution in [0.2, 0.25) is 0 Å². The van der Waals surface area contributed by atoms with Gasteiger partial charge in [-0.3, -0.25) is 14.9 Å². The number of nitrogens with zero attached hydrogens (tertiary/aromatic N) is 1. The molecule has 0 amide bonds. The number of ether oxygens (including phenoxy) is 1. The summed E-state index contributed by atoms with van der Waals surface area (Å²) in [6, 6.07) is 13.1. The highest BCUT2D eigenvalue weighted by Gasteiger charge is 2.13. The molecule has 6 nitrogen and oxygen atoms in total. The molecule has 0 aliphatic carbocycles. The van der Waals surface area contributed by atoms with Crippen LogP contribution in [-0.4, -0.2) is 17.4 Å². The Morgan fingerprint density at radius 3 is 2.37 bits per heavy atom. The maximum Gasteiger partial charge on any atom is 0.311 e. The number of benzene rings is 2. The normalized spacial score (nSPS) is 11.3. The van der Waals surface area contributed by atoms with Crippen molar-refractivity contribution in [1.82, 2.24) is 5.32 Å². The van der Waals surface area contributed by atoms with Crippen LogP contribution in [0.15, 0.2) is 42.5 Å². The SMILES string of the molecule is Cc1cc(OC(=O)CCCCCNCc2ccc(C(C)(C)C)cc2)ccc1[N+](=O)[O-].